The van der Waals surface area contributed by atoms with Crippen LogP contribution in [0.15, 0.2) is 0 Å². The Morgan fingerprint density at radius 3 is 2.63 bits per heavy atom. The third-order valence-electron chi connectivity index (χ3n) is 4.44. The number of hydrogen-bond acceptors (Lipinski definition) is 3. The van der Waals surface area contributed by atoms with Gasteiger partial charge in [-0.1, -0.05) is 20.8 Å². The number of nitrogens with one attached hydrogen (secondary N) is 1. The number of amides is 2. The molecule has 3 unspecified atom stereocenters. The topological polar surface area (TPSA) is 58.6 Å². The molecule has 0 aromatic rings. The van der Waals surface area contributed by atoms with Gasteiger partial charge in [-0.15, -0.1) is 0 Å². The van der Waals surface area contributed by atoms with E-state index in [9.17, 15) is 9.59 Å². The average Bonchev–Trinajstić information content (AvgIpc) is 2.87. The van der Waals surface area contributed by atoms with E-state index in [1.54, 1.807) is 4.90 Å². The normalized spacial score (nSPS) is 35.9. The van der Waals surface area contributed by atoms with Crippen LogP contribution < -0.4 is 5.32 Å². The second kappa shape index (κ2) is 5.12. The monoisotopic (exact) mass is 268 g/mol. The molecule has 3 atom stereocenters. The summed E-state index contributed by atoms with van der Waals surface area (Å²) in [6, 6.07) is -0.377. The van der Waals surface area contributed by atoms with Crippen molar-refractivity contribution < 1.29 is 14.3 Å². The van der Waals surface area contributed by atoms with Crippen molar-refractivity contribution in [1.29, 1.82) is 0 Å². The Kier molecular flexibility index (Phi) is 3.85. The molecule has 5 nitrogen and oxygen atoms in total. The lowest BCUT2D eigenvalue weighted by atomic mass is 9.86. The molecule has 0 spiro atoms. The number of hydrogen-bond donors (Lipinski definition) is 1. The van der Waals surface area contributed by atoms with Crippen LogP contribution in [-0.4, -0.2) is 47.6 Å². The Morgan fingerprint density at radius 2 is 2.16 bits per heavy atom. The first-order valence-corrected chi connectivity index (χ1v) is 7.13. The Hall–Kier alpha value is -1.10. The van der Waals surface area contributed by atoms with Crippen LogP contribution in [-0.2, 0) is 14.3 Å². The third kappa shape index (κ3) is 2.24. The summed E-state index contributed by atoms with van der Waals surface area (Å²) in [6.07, 6.45) is 1.44. The van der Waals surface area contributed by atoms with Crippen LogP contribution in [0, 0.1) is 5.92 Å². The molecule has 1 N–H and O–H groups in total. The Morgan fingerprint density at radius 1 is 1.47 bits per heavy atom. The van der Waals surface area contributed by atoms with E-state index in [4.69, 9.17) is 4.74 Å². The van der Waals surface area contributed by atoms with Crippen LogP contribution in [0.4, 0.5) is 0 Å². The number of rotatable bonds is 3. The summed E-state index contributed by atoms with van der Waals surface area (Å²) in [4.78, 5) is 27.0. The van der Waals surface area contributed by atoms with Crippen molar-refractivity contribution in [2.45, 2.75) is 58.2 Å². The van der Waals surface area contributed by atoms with Crippen molar-refractivity contribution in [3.05, 3.63) is 0 Å². The van der Waals surface area contributed by atoms with Gasteiger partial charge in [-0.05, 0) is 25.7 Å². The molecular formula is C14H24N2O3. The summed E-state index contributed by atoms with van der Waals surface area (Å²) in [6.45, 7) is 8.93. The molecule has 0 aliphatic carbocycles. The molecule has 0 saturated carbocycles. The summed E-state index contributed by atoms with van der Waals surface area (Å²) < 4.78 is 5.40. The summed E-state index contributed by atoms with van der Waals surface area (Å²) >= 11 is 0. The molecule has 2 rings (SSSR count). The van der Waals surface area contributed by atoms with Crippen LogP contribution in [0.2, 0.25) is 0 Å². The first kappa shape index (κ1) is 14.3. The van der Waals surface area contributed by atoms with Crippen molar-refractivity contribution in [1.82, 2.24) is 10.2 Å². The second-order valence-electron chi connectivity index (χ2n) is 6.05. The fourth-order valence-corrected chi connectivity index (χ4v) is 2.95. The average molecular weight is 268 g/mol. The SMILES string of the molecule is CCC1(C)C(=O)NC(C(C)C)C(=O)N1C1CCOC1. The quantitative estimate of drug-likeness (QED) is 0.828. The number of carbonyl (C=O) groups excluding carboxylic acids is 2. The van der Waals surface area contributed by atoms with Gasteiger partial charge in [-0.3, -0.25) is 9.59 Å². The number of ether oxygens (including phenoxy) is 1. The highest BCUT2D eigenvalue weighted by Gasteiger charge is 2.51. The highest BCUT2D eigenvalue weighted by molar-refractivity contribution is 5.99. The maximum Gasteiger partial charge on any atom is 0.246 e. The summed E-state index contributed by atoms with van der Waals surface area (Å²) in [7, 11) is 0. The van der Waals surface area contributed by atoms with Crippen molar-refractivity contribution in [3.63, 3.8) is 0 Å². The molecule has 0 aromatic carbocycles. The van der Waals surface area contributed by atoms with E-state index in [0.717, 1.165) is 6.42 Å². The highest BCUT2D eigenvalue weighted by Crippen LogP contribution is 2.31. The minimum absolute atomic E-state index is 0.0322. The molecule has 2 heterocycles. The third-order valence-corrected chi connectivity index (χ3v) is 4.44. The second-order valence-corrected chi connectivity index (χ2v) is 6.05. The van der Waals surface area contributed by atoms with Gasteiger partial charge in [0, 0.05) is 6.61 Å². The Balaban J connectivity index is 2.35. The standard InChI is InChI=1S/C14H24N2O3/c1-5-14(4)13(18)15-11(9(2)3)12(17)16(14)10-6-7-19-8-10/h9-11H,5-8H2,1-4H3,(H,15,18). The molecule has 0 aromatic heterocycles. The predicted octanol–water partition coefficient (Wildman–Crippen LogP) is 0.927. The van der Waals surface area contributed by atoms with Crippen LogP contribution in [0.3, 0.4) is 0 Å². The fourth-order valence-electron chi connectivity index (χ4n) is 2.95. The lowest BCUT2D eigenvalue weighted by molar-refractivity contribution is -0.161. The Labute approximate surface area is 114 Å². The zero-order chi connectivity index (χ0) is 14.2. The van der Waals surface area contributed by atoms with Crippen LogP contribution in [0.25, 0.3) is 0 Å². The molecule has 0 bridgehead atoms. The van der Waals surface area contributed by atoms with E-state index in [2.05, 4.69) is 5.32 Å². The summed E-state index contributed by atoms with van der Waals surface area (Å²) in [5.74, 6) is 0.0947. The van der Waals surface area contributed by atoms with Gasteiger partial charge in [0.15, 0.2) is 0 Å². The molecule has 0 radical (unpaired) electrons. The first-order valence-electron chi connectivity index (χ1n) is 7.13. The van der Waals surface area contributed by atoms with Gasteiger partial charge in [0.25, 0.3) is 0 Å². The molecule has 2 aliphatic heterocycles. The lowest BCUT2D eigenvalue weighted by Gasteiger charge is -2.49. The Bertz CT molecular complexity index is 377. The van der Waals surface area contributed by atoms with E-state index in [0.29, 0.717) is 19.6 Å². The van der Waals surface area contributed by atoms with Crippen LogP contribution >= 0.6 is 0 Å². The first-order chi connectivity index (χ1) is 8.91. The van der Waals surface area contributed by atoms with Crippen molar-refractivity contribution >= 4 is 11.8 Å². The molecule has 2 saturated heterocycles. The van der Waals surface area contributed by atoms with Crippen LogP contribution in [0.1, 0.15) is 40.5 Å². The van der Waals surface area contributed by atoms with Gasteiger partial charge >= 0.3 is 0 Å². The minimum atomic E-state index is -0.749. The molecule has 108 valence electrons. The maximum absolute atomic E-state index is 12.7. The number of piperazine rings is 1. The van der Waals surface area contributed by atoms with E-state index in [-0.39, 0.29) is 23.8 Å². The number of carbonyl (C=O) groups is 2. The molecular weight excluding hydrogens is 244 g/mol. The fraction of sp³-hybridized carbons (Fsp3) is 0.857. The summed E-state index contributed by atoms with van der Waals surface area (Å²) in [5.41, 5.74) is -0.749. The summed E-state index contributed by atoms with van der Waals surface area (Å²) in [5, 5.41) is 2.89. The highest BCUT2D eigenvalue weighted by atomic mass is 16.5. The largest absolute Gasteiger partial charge is 0.379 e. The van der Waals surface area contributed by atoms with Gasteiger partial charge in [-0.25, -0.2) is 0 Å². The van der Waals surface area contributed by atoms with Crippen molar-refractivity contribution in [2.24, 2.45) is 5.92 Å². The van der Waals surface area contributed by atoms with E-state index in [1.165, 1.54) is 0 Å². The predicted molar refractivity (Wildman–Crippen MR) is 71.5 cm³/mol. The van der Waals surface area contributed by atoms with Gasteiger partial charge in [0.05, 0.1) is 12.6 Å². The van der Waals surface area contributed by atoms with E-state index in [1.807, 2.05) is 27.7 Å². The zero-order valence-corrected chi connectivity index (χ0v) is 12.2. The van der Waals surface area contributed by atoms with E-state index >= 15 is 0 Å². The van der Waals surface area contributed by atoms with Gasteiger partial charge in [0.1, 0.15) is 11.6 Å². The molecule has 5 heteroatoms. The van der Waals surface area contributed by atoms with Gasteiger partial charge in [0.2, 0.25) is 11.8 Å². The molecule has 2 amide bonds. The zero-order valence-electron chi connectivity index (χ0n) is 12.2. The molecule has 2 aliphatic rings. The van der Waals surface area contributed by atoms with Gasteiger partial charge < -0.3 is 15.0 Å². The smallest absolute Gasteiger partial charge is 0.246 e. The van der Waals surface area contributed by atoms with Crippen LogP contribution in [0.5, 0.6) is 0 Å². The van der Waals surface area contributed by atoms with Gasteiger partial charge in [-0.2, -0.15) is 0 Å². The van der Waals surface area contributed by atoms with Crippen molar-refractivity contribution in [2.75, 3.05) is 13.2 Å². The molecule has 19 heavy (non-hydrogen) atoms. The van der Waals surface area contributed by atoms with Crippen molar-refractivity contribution in [3.8, 4) is 0 Å². The molecule has 2 fully saturated rings. The minimum Gasteiger partial charge on any atom is -0.379 e. The lowest BCUT2D eigenvalue weighted by Crippen LogP contribution is -2.72. The van der Waals surface area contributed by atoms with E-state index < -0.39 is 11.6 Å². The maximum atomic E-state index is 12.7. The number of nitrogens with zero attached hydrogens (tertiary/aromatic N) is 1.